The summed E-state index contributed by atoms with van der Waals surface area (Å²) in [5, 5.41) is 9.61. The third kappa shape index (κ3) is 5.54. The average molecular weight is 481 g/mol. The van der Waals surface area contributed by atoms with Crippen LogP contribution in [0.1, 0.15) is 21.5 Å². The van der Waals surface area contributed by atoms with E-state index in [-0.39, 0.29) is 5.91 Å². The van der Waals surface area contributed by atoms with Crippen molar-refractivity contribution < 1.29 is 4.79 Å². The third-order valence-electron chi connectivity index (χ3n) is 6.29. The van der Waals surface area contributed by atoms with Gasteiger partial charge in [-0.3, -0.25) is 4.79 Å². The Balaban J connectivity index is 1.18. The van der Waals surface area contributed by atoms with Crippen molar-refractivity contribution in [3.8, 4) is 11.3 Å². The SMILES string of the molecule is Cc1ccccc1N1CCN(C(=O)c2cccc(CSc3ccc(-c4ccccc4)nn3)c2)CC1. The second-order valence-electron chi connectivity index (χ2n) is 8.68. The van der Waals surface area contributed by atoms with Crippen molar-refractivity contribution in [3.63, 3.8) is 0 Å². The molecular weight excluding hydrogens is 452 g/mol. The van der Waals surface area contributed by atoms with E-state index in [0.29, 0.717) is 0 Å². The Morgan fingerprint density at radius 3 is 2.34 bits per heavy atom. The molecule has 0 saturated carbocycles. The van der Waals surface area contributed by atoms with Gasteiger partial charge >= 0.3 is 0 Å². The molecule has 1 amide bonds. The Labute approximate surface area is 210 Å². The van der Waals surface area contributed by atoms with E-state index in [1.54, 1.807) is 11.8 Å². The quantitative estimate of drug-likeness (QED) is 0.331. The van der Waals surface area contributed by atoms with Crippen molar-refractivity contribution in [2.75, 3.05) is 31.1 Å². The first-order valence-corrected chi connectivity index (χ1v) is 12.9. The van der Waals surface area contributed by atoms with Gasteiger partial charge < -0.3 is 9.80 Å². The highest BCUT2D eigenvalue weighted by Gasteiger charge is 2.23. The summed E-state index contributed by atoms with van der Waals surface area (Å²) in [5.74, 6) is 0.843. The fraction of sp³-hybridized carbons (Fsp3) is 0.207. The van der Waals surface area contributed by atoms with Crippen LogP contribution in [0, 0.1) is 6.92 Å². The number of aryl methyl sites for hydroxylation is 1. The van der Waals surface area contributed by atoms with E-state index < -0.39 is 0 Å². The van der Waals surface area contributed by atoms with Crippen molar-refractivity contribution in [1.82, 2.24) is 15.1 Å². The van der Waals surface area contributed by atoms with Gasteiger partial charge in [0.05, 0.1) is 5.69 Å². The van der Waals surface area contributed by atoms with E-state index in [9.17, 15) is 4.79 Å². The first kappa shape index (κ1) is 23.1. The van der Waals surface area contributed by atoms with Gasteiger partial charge in [-0.15, -0.1) is 10.2 Å². The Kier molecular flexibility index (Phi) is 7.09. The number of hydrogen-bond acceptors (Lipinski definition) is 5. The van der Waals surface area contributed by atoms with E-state index in [4.69, 9.17) is 0 Å². The average Bonchev–Trinajstić information content (AvgIpc) is 2.93. The van der Waals surface area contributed by atoms with Crippen LogP contribution in [0.4, 0.5) is 5.69 Å². The topological polar surface area (TPSA) is 49.3 Å². The van der Waals surface area contributed by atoms with E-state index >= 15 is 0 Å². The Hall–Kier alpha value is -3.64. The molecule has 35 heavy (non-hydrogen) atoms. The molecule has 2 heterocycles. The normalized spacial score (nSPS) is 13.6. The van der Waals surface area contributed by atoms with Crippen molar-refractivity contribution in [1.29, 1.82) is 0 Å². The smallest absolute Gasteiger partial charge is 0.253 e. The number of benzene rings is 3. The van der Waals surface area contributed by atoms with Crippen LogP contribution in [0.25, 0.3) is 11.3 Å². The van der Waals surface area contributed by atoms with Crippen molar-refractivity contribution >= 4 is 23.4 Å². The molecule has 4 aromatic rings. The van der Waals surface area contributed by atoms with Crippen LogP contribution in [0.15, 0.2) is 96.0 Å². The number of amides is 1. The van der Waals surface area contributed by atoms with Crippen molar-refractivity contribution in [2.45, 2.75) is 17.7 Å². The number of thioether (sulfide) groups is 1. The van der Waals surface area contributed by atoms with Crippen LogP contribution >= 0.6 is 11.8 Å². The number of anilines is 1. The number of hydrogen-bond donors (Lipinski definition) is 0. The molecule has 0 N–H and O–H groups in total. The van der Waals surface area contributed by atoms with Gasteiger partial charge in [-0.2, -0.15) is 0 Å². The molecule has 1 aromatic heterocycles. The first-order valence-electron chi connectivity index (χ1n) is 11.9. The van der Waals surface area contributed by atoms with Crippen molar-refractivity contribution in [3.05, 3.63) is 108 Å². The highest BCUT2D eigenvalue weighted by Crippen LogP contribution is 2.24. The zero-order chi connectivity index (χ0) is 24.0. The Morgan fingerprint density at radius 2 is 1.60 bits per heavy atom. The predicted octanol–water partition coefficient (Wildman–Crippen LogP) is 5.71. The van der Waals surface area contributed by atoms with Crippen LogP contribution in [-0.2, 0) is 5.75 Å². The number of carbonyl (C=O) groups is 1. The number of carbonyl (C=O) groups excluding carboxylic acids is 1. The van der Waals surface area contributed by atoms with Gasteiger partial charge in [0.15, 0.2) is 0 Å². The lowest BCUT2D eigenvalue weighted by Gasteiger charge is -2.36. The summed E-state index contributed by atoms with van der Waals surface area (Å²) in [5.41, 5.74) is 6.31. The molecule has 0 atom stereocenters. The lowest BCUT2D eigenvalue weighted by atomic mass is 10.1. The second kappa shape index (κ2) is 10.7. The van der Waals surface area contributed by atoms with Gasteiger partial charge in [0.1, 0.15) is 5.03 Å². The molecular formula is C29H28N4OS. The van der Waals surface area contributed by atoms with Gasteiger partial charge in [-0.1, -0.05) is 72.4 Å². The summed E-state index contributed by atoms with van der Waals surface area (Å²) in [6.45, 7) is 5.30. The molecule has 176 valence electrons. The zero-order valence-electron chi connectivity index (χ0n) is 19.8. The maximum Gasteiger partial charge on any atom is 0.253 e. The molecule has 0 bridgehead atoms. The largest absolute Gasteiger partial charge is 0.368 e. The van der Waals surface area contributed by atoms with Crippen LogP contribution in [-0.4, -0.2) is 47.2 Å². The third-order valence-corrected chi connectivity index (χ3v) is 7.28. The number of aromatic nitrogens is 2. The van der Waals surface area contributed by atoms with Gasteiger partial charge in [0.2, 0.25) is 0 Å². The summed E-state index contributed by atoms with van der Waals surface area (Å²) in [6.07, 6.45) is 0. The number of nitrogens with zero attached hydrogens (tertiary/aromatic N) is 4. The second-order valence-corrected chi connectivity index (χ2v) is 9.67. The molecule has 1 fully saturated rings. The summed E-state index contributed by atoms with van der Waals surface area (Å²) >= 11 is 1.63. The predicted molar refractivity (Wildman–Crippen MR) is 143 cm³/mol. The van der Waals surface area contributed by atoms with Gasteiger partial charge in [0.25, 0.3) is 5.91 Å². The minimum Gasteiger partial charge on any atom is -0.368 e. The molecule has 1 saturated heterocycles. The minimum absolute atomic E-state index is 0.105. The number of para-hydroxylation sites is 1. The lowest BCUT2D eigenvalue weighted by molar-refractivity contribution is 0.0746. The Morgan fingerprint density at radius 1 is 0.829 bits per heavy atom. The molecule has 5 rings (SSSR count). The minimum atomic E-state index is 0.105. The molecule has 6 heteroatoms. The van der Waals surface area contributed by atoms with Crippen LogP contribution in [0.3, 0.4) is 0 Å². The molecule has 0 aliphatic carbocycles. The fourth-order valence-electron chi connectivity index (χ4n) is 4.36. The lowest BCUT2D eigenvalue weighted by Crippen LogP contribution is -2.49. The number of piperazine rings is 1. The summed E-state index contributed by atoms with van der Waals surface area (Å²) < 4.78 is 0. The molecule has 0 spiro atoms. The van der Waals surface area contributed by atoms with Crippen LogP contribution in [0.5, 0.6) is 0 Å². The molecule has 5 nitrogen and oxygen atoms in total. The summed E-state index contributed by atoms with van der Waals surface area (Å²) in [7, 11) is 0. The monoisotopic (exact) mass is 480 g/mol. The first-order chi connectivity index (χ1) is 17.2. The van der Waals surface area contributed by atoms with E-state index in [0.717, 1.165) is 59.3 Å². The molecule has 0 radical (unpaired) electrons. The van der Waals surface area contributed by atoms with Gasteiger partial charge in [-0.25, -0.2) is 0 Å². The highest BCUT2D eigenvalue weighted by molar-refractivity contribution is 7.98. The van der Waals surface area contributed by atoms with Crippen molar-refractivity contribution in [2.24, 2.45) is 0 Å². The van der Waals surface area contributed by atoms with Gasteiger partial charge in [-0.05, 0) is 48.4 Å². The van der Waals surface area contributed by atoms with E-state index in [1.165, 1.54) is 11.3 Å². The fourth-order valence-corrected chi connectivity index (χ4v) is 5.12. The summed E-state index contributed by atoms with van der Waals surface area (Å²) in [4.78, 5) is 17.5. The maximum atomic E-state index is 13.2. The maximum absolute atomic E-state index is 13.2. The molecule has 0 unspecified atom stereocenters. The summed E-state index contributed by atoms with van der Waals surface area (Å²) in [6, 6.07) is 30.4. The number of rotatable bonds is 6. The molecule has 1 aliphatic heterocycles. The molecule has 1 aliphatic rings. The van der Waals surface area contributed by atoms with Crippen LogP contribution < -0.4 is 4.90 Å². The van der Waals surface area contributed by atoms with E-state index in [2.05, 4.69) is 52.4 Å². The van der Waals surface area contributed by atoms with Crippen LogP contribution in [0.2, 0.25) is 0 Å². The molecule has 3 aromatic carbocycles. The zero-order valence-corrected chi connectivity index (χ0v) is 20.6. The highest BCUT2D eigenvalue weighted by atomic mass is 32.2. The van der Waals surface area contributed by atoms with E-state index in [1.807, 2.05) is 65.6 Å². The Bertz CT molecular complexity index is 1290. The van der Waals surface area contributed by atoms with Gasteiger partial charge in [0, 0.05) is 48.7 Å². The standard InChI is InChI=1S/C29H28N4OS/c1-22-8-5-6-13-27(22)32-16-18-33(19-17-32)29(34)25-12-7-9-23(20-25)21-35-28-15-14-26(30-31-28)24-10-3-2-4-11-24/h2-15,20H,16-19,21H2,1H3.